The lowest BCUT2D eigenvalue weighted by atomic mass is 10.1. The Morgan fingerprint density at radius 2 is 1.88 bits per heavy atom. The number of benzene rings is 2. The number of H-pyrrole nitrogens is 1. The molecule has 1 heterocycles. The summed E-state index contributed by atoms with van der Waals surface area (Å²) in [4.78, 5) is 21.5. The molecule has 1 atom stereocenters. The molecule has 0 spiro atoms. The van der Waals surface area contributed by atoms with Crippen LogP contribution in [0.1, 0.15) is 11.6 Å². The van der Waals surface area contributed by atoms with Crippen LogP contribution in [0.3, 0.4) is 0 Å². The van der Waals surface area contributed by atoms with Crippen molar-refractivity contribution >= 4 is 28.5 Å². The number of hydrogen-bond acceptors (Lipinski definition) is 4. The Kier molecular flexibility index (Phi) is 4.83. The van der Waals surface area contributed by atoms with Gasteiger partial charge in [-0.2, -0.15) is 0 Å². The van der Waals surface area contributed by atoms with E-state index in [0.29, 0.717) is 28.4 Å². The van der Waals surface area contributed by atoms with E-state index in [1.54, 1.807) is 6.07 Å². The lowest BCUT2D eigenvalue weighted by Crippen LogP contribution is -2.28. The van der Waals surface area contributed by atoms with E-state index in [4.69, 9.17) is 11.6 Å². The van der Waals surface area contributed by atoms with E-state index in [0.717, 1.165) is 5.56 Å². The summed E-state index contributed by atoms with van der Waals surface area (Å²) < 4.78 is 0. The first-order chi connectivity index (χ1) is 11.5. The number of rotatable bonds is 5. The summed E-state index contributed by atoms with van der Waals surface area (Å²) in [5, 5.41) is 4.53. The van der Waals surface area contributed by atoms with Crippen molar-refractivity contribution in [3.63, 3.8) is 0 Å². The van der Waals surface area contributed by atoms with Gasteiger partial charge < -0.3 is 10.2 Å². The fraction of sp³-hybridized carbons (Fsp3) is 0.222. The molecular formula is C18H19ClN4O. The molecule has 0 saturated heterocycles. The molecule has 3 aromatic rings. The van der Waals surface area contributed by atoms with Gasteiger partial charge in [0, 0.05) is 11.6 Å². The standard InChI is InChI=1S/C18H19ClN4O/c1-23(2)16(12-7-9-13(19)10-8-12)11-20-18-21-15-6-4-3-5-14(15)17(24)22-18/h3-10,16H,11H2,1-2H3,(H2,20,21,22,24). The van der Waals surface area contributed by atoms with Crippen molar-refractivity contribution in [2.75, 3.05) is 26.0 Å². The Balaban J connectivity index is 1.82. The first kappa shape index (κ1) is 16.5. The van der Waals surface area contributed by atoms with Crippen LogP contribution >= 0.6 is 11.6 Å². The van der Waals surface area contributed by atoms with Crippen LogP contribution in [-0.4, -0.2) is 35.5 Å². The third-order valence-corrected chi connectivity index (χ3v) is 4.21. The van der Waals surface area contributed by atoms with E-state index in [1.165, 1.54) is 0 Å². The molecule has 0 saturated carbocycles. The average Bonchev–Trinajstić information content (AvgIpc) is 2.56. The number of aromatic amines is 1. The third-order valence-electron chi connectivity index (χ3n) is 3.95. The minimum Gasteiger partial charge on any atom is -0.354 e. The maximum Gasteiger partial charge on any atom is 0.260 e. The molecule has 1 unspecified atom stereocenters. The predicted octanol–water partition coefficient (Wildman–Crippen LogP) is 3.29. The second kappa shape index (κ2) is 7.03. The maximum absolute atomic E-state index is 12.1. The SMILES string of the molecule is CN(C)C(CNc1nc2ccccc2c(=O)[nH]1)c1ccc(Cl)cc1. The van der Waals surface area contributed by atoms with E-state index in [9.17, 15) is 4.79 Å². The summed E-state index contributed by atoms with van der Waals surface area (Å²) in [5.41, 5.74) is 1.67. The highest BCUT2D eigenvalue weighted by atomic mass is 35.5. The quantitative estimate of drug-likeness (QED) is 0.747. The molecule has 0 fully saturated rings. The molecule has 0 radical (unpaired) electrons. The molecule has 0 aliphatic rings. The van der Waals surface area contributed by atoms with E-state index >= 15 is 0 Å². The molecule has 24 heavy (non-hydrogen) atoms. The Hall–Kier alpha value is -2.37. The van der Waals surface area contributed by atoms with Crippen LogP contribution in [0.4, 0.5) is 5.95 Å². The van der Waals surface area contributed by atoms with Gasteiger partial charge in [-0.25, -0.2) is 4.98 Å². The van der Waals surface area contributed by atoms with Crippen molar-refractivity contribution in [3.05, 3.63) is 69.5 Å². The average molecular weight is 343 g/mol. The Bertz CT molecular complexity index is 889. The topological polar surface area (TPSA) is 61.0 Å². The molecule has 6 heteroatoms. The largest absolute Gasteiger partial charge is 0.354 e. The number of nitrogens with one attached hydrogen (secondary N) is 2. The summed E-state index contributed by atoms with van der Waals surface area (Å²) in [6, 6.07) is 15.2. The molecule has 0 amide bonds. The van der Waals surface area contributed by atoms with Gasteiger partial charge in [0.05, 0.1) is 16.9 Å². The second-order valence-electron chi connectivity index (χ2n) is 5.84. The summed E-state index contributed by atoms with van der Waals surface area (Å²) in [5.74, 6) is 0.472. The highest BCUT2D eigenvalue weighted by Gasteiger charge is 2.14. The Morgan fingerprint density at radius 3 is 2.58 bits per heavy atom. The minimum absolute atomic E-state index is 0.124. The normalized spacial score (nSPS) is 12.5. The van der Waals surface area contributed by atoms with Crippen molar-refractivity contribution < 1.29 is 0 Å². The van der Waals surface area contributed by atoms with Gasteiger partial charge in [0.25, 0.3) is 5.56 Å². The first-order valence-electron chi connectivity index (χ1n) is 7.69. The van der Waals surface area contributed by atoms with Crippen LogP contribution in [0.2, 0.25) is 5.02 Å². The summed E-state index contributed by atoms with van der Waals surface area (Å²) >= 11 is 5.96. The number of para-hydroxylation sites is 1. The molecular weight excluding hydrogens is 324 g/mol. The fourth-order valence-electron chi connectivity index (χ4n) is 2.65. The molecule has 2 N–H and O–H groups in total. The molecule has 1 aromatic heterocycles. The van der Waals surface area contributed by atoms with Crippen molar-refractivity contribution in [1.82, 2.24) is 14.9 Å². The summed E-state index contributed by atoms with van der Waals surface area (Å²) in [7, 11) is 4.02. The summed E-state index contributed by atoms with van der Waals surface area (Å²) in [6.45, 7) is 0.607. The van der Waals surface area contributed by atoms with Gasteiger partial charge >= 0.3 is 0 Å². The lowest BCUT2D eigenvalue weighted by molar-refractivity contribution is 0.311. The number of likely N-dealkylation sites (N-methyl/N-ethyl adjacent to an activating group) is 1. The van der Waals surface area contributed by atoms with Crippen molar-refractivity contribution in [3.8, 4) is 0 Å². The van der Waals surface area contributed by atoms with Crippen LogP contribution in [0.25, 0.3) is 10.9 Å². The molecule has 0 bridgehead atoms. The van der Waals surface area contributed by atoms with Crippen molar-refractivity contribution in [1.29, 1.82) is 0 Å². The third kappa shape index (κ3) is 3.58. The highest BCUT2D eigenvalue weighted by Crippen LogP contribution is 2.21. The monoisotopic (exact) mass is 342 g/mol. The summed E-state index contributed by atoms with van der Waals surface area (Å²) in [6.07, 6.45) is 0. The van der Waals surface area contributed by atoms with Crippen LogP contribution in [0.5, 0.6) is 0 Å². The van der Waals surface area contributed by atoms with Gasteiger partial charge in [-0.1, -0.05) is 35.9 Å². The number of halogens is 1. The zero-order valence-corrected chi connectivity index (χ0v) is 14.3. The van der Waals surface area contributed by atoms with E-state index in [2.05, 4.69) is 20.2 Å². The fourth-order valence-corrected chi connectivity index (χ4v) is 2.77. The number of aromatic nitrogens is 2. The van der Waals surface area contributed by atoms with Gasteiger partial charge in [-0.3, -0.25) is 9.78 Å². The van der Waals surface area contributed by atoms with Gasteiger partial charge in [-0.05, 0) is 43.9 Å². The highest BCUT2D eigenvalue weighted by molar-refractivity contribution is 6.30. The zero-order chi connectivity index (χ0) is 17.1. The maximum atomic E-state index is 12.1. The first-order valence-corrected chi connectivity index (χ1v) is 8.07. The van der Waals surface area contributed by atoms with Gasteiger partial charge in [0.2, 0.25) is 5.95 Å². The number of nitrogens with zero attached hydrogens (tertiary/aromatic N) is 2. The zero-order valence-electron chi connectivity index (χ0n) is 13.6. The minimum atomic E-state index is -0.143. The Labute approximate surface area is 145 Å². The number of fused-ring (bicyclic) bond motifs is 1. The van der Waals surface area contributed by atoms with Gasteiger partial charge in [-0.15, -0.1) is 0 Å². The molecule has 5 nitrogen and oxygen atoms in total. The molecule has 0 aliphatic heterocycles. The lowest BCUT2D eigenvalue weighted by Gasteiger charge is -2.25. The molecule has 3 rings (SSSR count). The number of hydrogen-bond donors (Lipinski definition) is 2. The van der Waals surface area contributed by atoms with Crippen LogP contribution in [0.15, 0.2) is 53.3 Å². The molecule has 2 aromatic carbocycles. The number of anilines is 1. The van der Waals surface area contributed by atoms with Crippen molar-refractivity contribution in [2.24, 2.45) is 0 Å². The molecule has 124 valence electrons. The van der Waals surface area contributed by atoms with Crippen molar-refractivity contribution in [2.45, 2.75) is 6.04 Å². The van der Waals surface area contributed by atoms with Crippen LogP contribution < -0.4 is 10.9 Å². The second-order valence-corrected chi connectivity index (χ2v) is 6.28. The molecule has 0 aliphatic carbocycles. The van der Waals surface area contributed by atoms with Crippen LogP contribution in [-0.2, 0) is 0 Å². The Morgan fingerprint density at radius 1 is 1.17 bits per heavy atom. The van der Waals surface area contributed by atoms with E-state index < -0.39 is 0 Å². The van der Waals surface area contributed by atoms with E-state index in [1.807, 2.05) is 56.6 Å². The predicted molar refractivity (Wildman–Crippen MR) is 98.7 cm³/mol. The smallest absolute Gasteiger partial charge is 0.260 e. The van der Waals surface area contributed by atoms with E-state index in [-0.39, 0.29) is 11.6 Å². The van der Waals surface area contributed by atoms with Gasteiger partial charge in [0.1, 0.15) is 0 Å². The van der Waals surface area contributed by atoms with Crippen LogP contribution in [0, 0.1) is 0 Å². The van der Waals surface area contributed by atoms with Gasteiger partial charge in [0.15, 0.2) is 0 Å².